The van der Waals surface area contributed by atoms with Gasteiger partial charge < -0.3 is 10.2 Å². The maximum absolute atomic E-state index is 13.6. The Kier molecular flexibility index (Phi) is 7.70. The third kappa shape index (κ3) is 4.72. The minimum absolute atomic E-state index is 0. The van der Waals surface area contributed by atoms with Gasteiger partial charge >= 0.3 is 0 Å². The molecule has 0 amide bonds. The highest BCUT2D eigenvalue weighted by atomic mass is 35.5. The van der Waals surface area contributed by atoms with E-state index in [1.165, 1.54) is 9.87 Å². The smallest absolute Gasteiger partial charge is 0.264 e. The fourth-order valence-corrected chi connectivity index (χ4v) is 5.59. The van der Waals surface area contributed by atoms with E-state index in [4.69, 9.17) is 0 Å². The number of anilines is 2. The summed E-state index contributed by atoms with van der Waals surface area (Å²) < 4.78 is 28.6. The molecule has 1 aliphatic rings. The van der Waals surface area contributed by atoms with E-state index in [1.54, 1.807) is 13.1 Å². The zero-order chi connectivity index (χ0) is 22.0. The maximum atomic E-state index is 13.6. The molecule has 0 aliphatic carbocycles. The Hall–Kier alpha value is -2.28. The van der Waals surface area contributed by atoms with Crippen molar-refractivity contribution in [3.05, 3.63) is 66.2 Å². The van der Waals surface area contributed by atoms with Crippen LogP contribution in [-0.2, 0) is 10.0 Å². The van der Waals surface area contributed by atoms with E-state index < -0.39 is 10.0 Å². The van der Waals surface area contributed by atoms with Crippen molar-refractivity contribution < 1.29 is 8.42 Å². The van der Waals surface area contributed by atoms with Crippen LogP contribution in [0.5, 0.6) is 0 Å². The van der Waals surface area contributed by atoms with E-state index in [9.17, 15) is 8.42 Å². The van der Waals surface area contributed by atoms with Crippen molar-refractivity contribution >= 4 is 44.6 Å². The maximum Gasteiger partial charge on any atom is 0.264 e. The standard InChI is InChI=1S/C25H31N3O2S.ClH/c1-19(2)20-9-11-21(12-10-20)27(3)31(29,30)25-14-13-24(22-7-4-5-8-23(22)25)28-17-6-15-26-16-18-28;/h4-5,7-14,19,26H,6,15-18H2,1-3H3;1H. The Balaban J connectivity index is 0.00000289. The van der Waals surface area contributed by atoms with Gasteiger partial charge in [-0.25, -0.2) is 8.42 Å². The summed E-state index contributed by atoms with van der Waals surface area (Å²) in [6, 6.07) is 19.3. The molecule has 32 heavy (non-hydrogen) atoms. The summed E-state index contributed by atoms with van der Waals surface area (Å²) in [5.74, 6) is 0.404. The number of nitrogens with one attached hydrogen (secondary N) is 1. The molecule has 0 radical (unpaired) electrons. The van der Waals surface area contributed by atoms with E-state index in [1.807, 2.05) is 54.6 Å². The average Bonchev–Trinajstić information content (AvgIpc) is 3.07. The lowest BCUT2D eigenvalue weighted by Crippen LogP contribution is -2.29. The molecule has 1 saturated heterocycles. The fraction of sp³-hybridized carbons (Fsp3) is 0.360. The molecule has 0 saturated carbocycles. The molecule has 172 valence electrons. The monoisotopic (exact) mass is 473 g/mol. The summed E-state index contributed by atoms with van der Waals surface area (Å²) in [6.45, 7) is 8.08. The van der Waals surface area contributed by atoms with Crippen LogP contribution in [0.15, 0.2) is 65.6 Å². The normalized spacial score (nSPS) is 14.8. The van der Waals surface area contributed by atoms with Crippen molar-refractivity contribution in [2.24, 2.45) is 0 Å². The minimum Gasteiger partial charge on any atom is -0.370 e. The van der Waals surface area contributed by atoms with Crippen LogP contribution in [0.3, 0.4) is 0 Å². The third-order valence-corrected chi connectivity index (χ3v) is 7.95. The molecule has 4 rings (SSSR count). The van der Waals surface area contributed by atoms with Gasteiger partial charge in [0, 0.05) is 43.1 Å². The van der Waals surface area contributed by atoms with Gasteiger partial charge in [0.15, 0.2) is 0 Å². The second-order valence-corrected chi connectivity index (χ2v) is 10.4. The van der Waals surface area contributed by atoms with Gasteiger partial charge in [-0.05, 0) is 48.7 Å². The number of sulfonamides is 1. The van der Waals surface area contributed by atoms with Crippen LogP contribution >= 0.6 is 12.4 Å². The average molecular weight is 474 g/mol. The molecule has 1 fully saturated rings. The van der Waals surface area contributed by atoms with Crippen LogP contribution in [0.25, 0.3) is 10.8 Å². The summed E-state index contributed by atoms with van der Waals surface area (Å²) in [5.41, 5.74) is 2.95. The van der Waals surface area contributed by atoms with Gasteiger partial charge in [0.25, 0.3) is 10.0 Å². The van der Waals surface area contributed by atoms with E-state index in [2.05, 4.69) is 24.1 Å². The largest absolute Gasteiger partial charge is 0.370 e. The number of benzene rings is 3. The van der Waals surface area contributed by atoms with E-state index in [-0.39, 0.29) is 12.4 Å². The molecule has 0 bridgehead atoms. The molecule has 1 heterocycles. The zero-order valence-corrected chi connectivity index (χ0v) is 20.5. The quantitative estimate of drug-likeness (QED) is 0.566. The van der Waals surface area contributed by atoms with Crippen molar-refractivity contribution in [1.82, 2.24) is 5.32 Å². The molecule has 3 aromatic carbocycles. The number of rotatable bonds is 5. The molecule has 0 unspecified atom stereocenters. The van der Waals surface area contributed by atoms with Gasteiger partial charge in [-0.1, -0.05) is 50.2 Å². The predicted octanol–water partition coefficient (Wildman–Crippen LogP) is 5.01. The second-order valence-electron chi connectivity index (χ2n) is 8.44. The Morgan fingerprint density at radius 2 is 1.59 bits per heavy atom. The van der Waals surface area contributed by atoms with Crippen LogP contribution < -0.4 is 14.5 Å². The topological polar surface area (TPSA) is 52.7 Å². The Bertz CT molecular complexity index is 1160. The van der Waals surface area contributed by atoms with Gasteiger partial charge in [0.1, 0.15) is 0 Å². The summed E-state index contributed by atoms with van der Waals surface area (Å²) in [4.78, 5) is 2.70. The Morgan fingerprint density at radius 1 is 0.906 bits per heavy atom. The van der Waals surface area contributed by atoms with Crippen molar-refractivity contribution in [2.75, 3.05) is 42.4 Å². The fourth-order valence-electron chi connectivity index (χ4n) is 4.20. The van der Waals surface area contributed by atoms with E-state index in [0.29, 0.717) is 16.5 Å². The molecule has 3 aromatic rings. The van der Waals surface area contributed by atoms with Crippen molar-refractivity contribution in [3.8, 4) is 0 Å². The third-order valence-electron chi connectivity index (χ3n) is 6.10. The van der Waals surface area contributed by atoms with Crippen LogP contribution in [0.4, 0.5) is 11.4 Å². The van der Waals surface area contributed by atoms with Crippen LogP contribution in [0, 0.1) is 0 Å². The summed E-state index contributed by atoms with van der Waals surface area (Å²) in [5, 5.41) is 5.18. The zero-order valence-electron chi connectivity index (χ0n) is 18.9. The van der Waals surface area contributed by atoms with Gasteiger partial charge in [-0.15, -0.1) is 12.4 Å². The number of hydrogen-bond donors (Lipinski definition) is 1. The minimum atomic E-state index is -3.70. The summed E-state index contributed by atoms with van der Waals surface area (Å²) >= 11 is 0. The summed E-state index contributed by atoms with van der Waals surface area (Å²) in [7, 11) is -2.08. The molecule has 7 heteroatoms. The van der Waals surface area contributed by atoms with Crippen molar-refractivity contribution in [3.63, 3.8) is 0 Å². The van der Waals surface area contributed by atoms with Gasteiger partial charge in [0.05, 0.1) is 10.6 Å². The van der Waals surface area contributed by atoms with E-state index >= 15 is 0 Å². The lowest BCUT2D eigenvalue weighted by molar-refractivity contribution is 0.595. The second kappa shape index (κ2) is 10.1. The lowest BCUT2D eigenvalue weighted by atomic mass is 10.0. The van der Waals surface area contributed by atoms with Crippen molar-refractivity contribution in [1.29, 1.82) is 0 Å². The molecule has 5 nitrogen and oxygen atoms in total. The highest BCUT2D eigenvalue weighted by Crippen LogP contribution is 2.34. The molecule has 0 spiro atoms. The molecule has 0 atom stereocenters. The highest BCUT2D eigenvalue weighted by Gasteiger charge is 2.25. The first-order valence-electron chi connectivity index (χ1n) is 11.0. The molecule has 0 aromatic heterocycles. The van der Waals surface area contributed by atoms with Crippen molar-refractivity contribution in [2.45, 2.75) is 31.1 Å². The first kappa shape index (κ1) is 24.4. The SMILES string of the molecule is CC(C)c1ccc(N(C)S(=O)(=O)c2ccc(N3CCCNCC3)c3ccccc23)cc1.Cl. The molecular weight excluding hydrogens is 442 g/mol. The predicted molar refractivity (Wildman–Crippen MR) is 137 cm³/mol. The number of fused-ring (bicyclic) bond motifs is 1. The molecule has 1 N–H and O–H groups in total. The van der Waals surface area contributed by atoms with Crippen LogP contribution in [-0.4, -0.2) is 41.6 Å². The Labute approximate surface area is 197 Å². The van der Waals surface area contributed by atoms with E-state index in [0.717, 1.165) is 49.1 Å². The van der Waals surface area contributed by atoms with Crippen LogP contribution in [0.2, 0.25) is 0 Å². The number of nitrogens with zero attached hydrogens (tertiary/aromatic N) is 2. The first-order valence-corrected chi connectivity index (χ1v) is 12.4. The lowest BCUT2D eigenvalue weighted by Gasteiger charge is -2.26. The van der Waals surface area contributed by atoms with Crippen LogP contribution in [0.1, 0.15) is 31.7 Å². The molecule has 1 aliphatic heterocycles. The van der Waals surface area contributed by atoms with Gasteiger partial charge in [-0.2, -0.15) is 0 Å². The van der Waals surface area contributed by atoms with Gasteiger partial charge in [-0.3, -0.25) is 4.31 Å². The molecular formula is C25H32ClN3O2S. The van der Waals surface area contributed by atoms with Gasteiger partial charge in [0.2, 0.25) is 0 Å². The first-order chi connectivity index (χ1) is 14.9. The Morgan fingerprint density at radius 3 is 2.28 bits per heavy atom. The summed E-state index contributed by atoms with van der Waals surface area (Å²) in [6.07, 6.45) is 1.07. The highest BCUT2D eigenvalue weighted by molar-refractivity contribution is 7.93. The number of halogens is 1. The number of hydrogen-bond acceptors (Lipinski definition) is 4.